The Bertz CT molecular complexity index is 331. The van der Waals surface area contributed by atoms with Crippen LogP contribution >= 0.6 is 0 Å². The van der Waals surface area contributed by atoms with Crippen LogP contribution in [0.5, 0.6) is 11.8 Å². The number of hydrogen-bond donors (Lipinski definition) is 0. The standard InChI is InChI=1S/C8H11N3O4/c1-3-14-7-6(11(12)13)8(15-4-2)10-5-9-7/h5H,3-4H2,1-2H3. The fourth-order valence-electron chi connectivity index (χ4n) is 0.988. The van der Waals surface area contributed by atoms with Gasteiger partial charge in [0.1, 0.15) is 6.33 Å². The highest BCUT2D eigenvalue weighted by molar-refractivity contribution is 5.48. The van der Waals surface area contributed by atoms with E-state index in [1.165, 1.54) is 6.33 Å². The van der Waals surface area contributed by atoms with E-state index >= 15 is 0 Å². The number of nitro groups is 1. The molecule has 0 aliphatic carbocycles. The molecule has 0 N–H and O–H groups in total. The minimum atomic E-state index is -0.615. The molecule has 0 unspecified atom stereocenters. The van der Waals surface area contributed by atoms with Gasteiger partial charge in [-0.25, -0.2) is 0 Å². The SMILES string of the molecule is CCOc1ncnc(OCC)c1[N+](=O)[O-]. The predicted molar refractivity (Wildman–Crippen MR) is 51.0 cm³/mol. The van der Waals surface area contributed by atoms with Crippen molar-refractivity contribution in [3.05, 3.63) is 16.4 Å². The number of aromatic nitrogens is 2. The lowest BCUT2D eigenvalue weighted by molar-refractivity contribution is -0.387. The van der Waals surface area contributed by atoms with E-state index in [1.54, 1.807) is 13.8 Å². The largest absolute Gasteiger partial charge is 0.473 e. The van der Waals surface area contributed by atoms with Crippen LogP contribution in [0.4, 0.5) is 5.69 Å². The molecule has 15 heavy (non-hydrogen) atoms. The zero-order valence-electron chi connectivity index (χ0n) is 8.47. The summed E-state index contributed by atoms with van der Waals surface area (Å²) < 4.78 is 10.0. The third-order valence-corrected chi connectivity index (χ3v) is 1.50. The topological polar surface area (TPSA) is 87.4 Å². The highest BCUT2D eigenvalue weighted by atomic mass is 16.6. The van der Waals surface area contributed by atoms with Crippen molar-refractivity contribution in [1.82, 2.24) is 9.97 Å². The molecule has 0 bridgehead atoms. The van der Waals surface area contributed by atoms with Crippen LogP contribution in [0.25, 0.3) is 0 Å². The van der Waals surface area contributed by atoms with Crippen molar-refractivity contribution in [2.45, 2.75) is 13.8 Å². The van der Waals surface area contributed by atoms with Gasteiger partial charge in [0.2, 0.25) is 0 Å². The Kier molecular flexibility index (Phi) is 3.78. The van der Waals surface area contributed by atoms with Crippen LogP contribution in [0, 0.1) is 10.1 Å². The highest BCUT2D eigenvalue weighted by Crippen LogP contribution is 2.32. The van der Waals surface area contributed by atoms with Crippen LogP contribution in [0.3, 0.4) is 0 Å². The quantitative estimate of drug-likeness (QED) is 0.539. The molecule has 0 spiro atoms. The Labute approximate surface area is 86.2 Å². The lowest BCUT2D eigenvalue weighted by Crippen LogP contribution is -2.05. The van der Waals surface area contributed by atoms with E-state index in [1.807, 2.05) is 0 Å². The summed E-state index contributed by atoms with van der Waals surface area (Å²) in [6, 6.07) is 0. The van der Waals surface area contributed by atoms with Crippen LogP contribution in [0.15, 0.2) is 6.33 Å². The van der Waals surface area contributed by atoms with Gasteiger partial charge in [-0.05, 0) is 13.8 Å². The summed E-state index contributed by atoms with van der Waals surface area (Å²) in [6.07, 6.45) is 1.17. The molecule has 1 heterocycles. The van der Waals surface area contributed by atoms with E-state index in [9.17, 15) is 10.1 Å². The third kappa shape index (κ3) is 2.52. The van der Waals surface area contributed by atoms with E-state index in [0.29, 0.717) is 13.2 Å². The van der Waals surface area contributed by atoms with Crippen molar-refractivity contribution in [3.63, 3.8) is 0 Å². The van der Waals surface area contributed by atoms with Crippen LogP contribution in [-0.4, -0.2) is 28.1 Å². The number of rotatable bonds is 5. The molecule has 0 saturated heterocycles. The summed E-state index contributed by atoms with van der Waals surface area (Å²) in [5.74, 6) is -0.137. The van der Waals surface area contributed by atoms with Crippen LogP contribution in [0.1, 0.15) is 13.8 Å². The maximum Gasteiger partial charge on any atom is 0.392 e. The molecule has 82 valence electrons. The molecule has 0 atom stereocenters. The second-order valence-electron chi connectivity index (χ2n) is 2.46. The summed E-state index contributed by atoms with van der Waals surface area (Å²) in [5.41, 5.74) is -0.332. The Morgan fingerprint density at radius 1 is 1.27 bits per heavy atom. The van der Waals surface area contributed by atoms with Crippen molar-refractivity contribution in [2.24, 2.45) is 0 Å². The van der Waals surface area contributed by atoms with Gasteiger partial charge in [0.05, 0.1) is 18.1 Å². The van der Waals surface area contributed by atoms with E-state index in [0.717, 1.165) is 0 Å². The smallest absolute Gasteiger partial charge is 0.392 e. The molecular formula is C8H11N3O4. The average Bonchev–Trinajstić information content (AvgIpc) is 2.18. The van der Waals surface area contributed by atoms with Gasteiger partial charge in [-0.15, -0.1) is 0 Å². The minimum absolute atomic E-state index is 0.0686. The fourth-order valence-corrected chi connectivity index (χ4v) is 0.988. The van der Waals surface area contributed by atoms with E-state index in [4.69, 9.17) is 9.47 Å². The first-order valence-corrected chi connectivity index (χ1v) is 4.45. The molecule has 0 fully saturated rings. The lowest BCUT2D eigenvalue weighted by Gasteiger charge is -2.05. The van der Waals surface area contributed by atoms with Crippen molar-refractivity contribution < 1.29 is 14.4 Å². The molecule has 0 amide bonds. The number of ether oxygens (including phenoxy) is 2. The summed E-state index contributed by atoms with van der Waals surface area (Å²) in [4.78, 5) is 17.5. The minimum Gasteiger partial charge on any atom is -0.473 e. The van der Waals surface area contributed by atoms with Crippen molar-refractivity contribution >= 4 is 5.69 Å². The Balaban J connectivity index is 3.15. The van der Waals surface area contributed by atoms with Gasteiger partial charge >= 0.3 is 17.4 Å². The van der Waals surface area contributed by atoms with Gasteiger partial charge in [-0.2, -0.15) is 9.97 Å². The second-order valence-corrected chi connectivity index (χ2v) is 2.46. The molecule has 7 heteroatoms. The maximum absolute atomic E-state index is 10.8. The van der Waals surface area contributed by atoms with Gasteiger partial charge in [0.25, 0.3) is 0 Å². The number of nitrogens with zero attached hydrogens (tertiary/aromatic N) is 3. The Hall–Kier alpha value is -1.92. The van der Waals surface area contributed by atoms with E-state index in [-0.39, 0.29) is 17.4 Å². The normalized spacial score (nSPS) is 9.73. The lowest BCUT2D eigenvalue weighted by atomic mass is 10.5. The molecule has 0 saturated carbocycles. The predicted octanol–water partition coefficient (Wildman–Crippen LogP) is 1.18. The van der Waals surface area contributed by atoms with E-state index < -0.39 is 4.92 Å². The molecule has 0 aliphatic rings. The van der Waals surface area contributed by atoms with Crippen molar-refractivity contribution in [3.8, 4) is 11.8 Å². The molecule has 1 rings (SSSR count). The first kappa shape index (κ1) is 11.2. The van der Waals surface area contributed by atoms with E-state index in [2.05, 4.69) is 9.97 Å². The van der Waals surface area contributed by atoms with Gasteiger partial charge in [-0.1, -0.05) is 0 Å². The van der Waals surface area contributed by atoms with Crippen molar-refractivity contribution in [1.29, 1.82) is 0 Å². The monoisotopic (exact) mass is 213 g/mol. The zero-order valence-corrected chi connectivity index (χ0v) is 8.47. The fraction of sp³-hybridized carbons (Fsp3) is 0.500. The van der Waals surface area contributed by atoms with Gasteiger partial charge < -0.3 is 9.47 Å². The van der Waals surface area contributed by atoms with Crippen LogP contribution < -0.4 is 9.47 Å². The van der Waals surface area contributed by atoms with Crippen LogP contribution in [0.2, 0.25) is 0 Å². The molecule has 7 nitrogen and oxygen atoms in total. The summed E-state index contributed by atoms with van der Waals surface area (Å²) in [7, 11) is 0. The molecule has 0 radical (unpaired) electrons. The molecule has 1 aromatic heterocycles. The summed E-state index contributed by atoms with van der Waals surface area (Å²) in [5, 5.41) is 10.8. The average molecular weight is 213 g/mol. The Morgan fingerprint density at radius 3 is 2.07 bits per heavy atom. The maximum atomic E-state index is 10.8. The highest BCUT2D eigenvalue weighted by Gasteiger charge is 2.25. The Morgan fingerprint density at radius 2 is 1.73 bits per heavy atom. The molecular weight excluding hydrogens is 202 g/mol. The van der Waals surface area contributed by atoms with Crippen molar-refractivity contribution in [2.75, 3.05) is 13.2 Å². The summed E-state index contributed by atoms with van der Waals surface area (Å²) in [6.45, 7) is 4.02. The first-order chi connectivity index (χ1) is 7.20. The van der Waals surface area contributed by atoms with Gasteiger partial charge in [-0.3, -0.25) is 10.1 Å². The first-order valence-electron chi connectivity index (χ1n) is 4.45. The van der Waals surface area contributed by atoms with Crippen LogP contribution in [-0.2, 0) is 0 Å². The van der Waals surface area contributed by atoms with Gasteiger partial charge in [0.15, 0.2) is 0 Å². The molecule has 0 aliphatic heterocycles. The molecule has 1 aromatic rings. The van der Waals surface area contributed by atoms with Gasteiger partial charge in [0, 0.05) is 0 Å². The molecule has 0 aromatic carbocycles. The zero-order chi connectivity index (χ0) is 11.3. The second kappa shape index (κ2) is 5.08. The summed E-state index contributed by atoms with van der Waals surface area (Å²) >= 11 is 0. The number of hydrogen-bond acceptors (Lipinski definition) is 6. The third-order valence-electron chi connectivity index (χ3n) is 1.50.